The largest absolute Gasteiger partial charge is 0.497 e. The predicted octanol–water partition coefficient (Wildman–Crippen LogP) is 4.56. The molecule has 112 valence electrons. The SMILES string of the molecule is COc1cccc(C(C)NC2CCCC(C(C)C)C2)c1. The lowest BCUT2D eigenvalue weighted by Gasteiger charge is -2.34. The molecule has 2 rings (SSSR count). The van der Waals surface area contributed by atoms with Crippen LogP contribution in [0.2, 0.25) is 0 Å². The number of methoxy groups -OCH3 is 1. The Morgan fingerprint density at radius 2 is 2.00 bits per heavy atom. The maximum atomic E-state index is 5.32. The molecule has 20 heavy (non-hydrogen) atoms. The first-order chi connectivity index (χ1) is 9.60. The maximum Gasteiger partial charge on any atom is 0.119 e. The Morgan fingerprint density at radius 3 is 2.70 bits per heavy atom. The Hall–Kier alpha value is -1.02. The lowest BCUT2D eigenvalue weighted by Crippen LogP contribution is -2.37. The summed E-state index contributed by atoms with van der Waals surface area (Å²) in [6.07, 6.45) is 5.41. The smallest absolute Gasteiger partial charge is 0.119 e. The van der Waals surface area contributed by atoms with Crippen molar-refractivity contribution >= 4 is 0 Å². The van der Waals surface area contributed by atoms with Crippen LogP contribution >= 0.6 is 0 Å². The van der Waals surface area contributed by atoms with Gasteiger partial charge < -0.3 is 10.1 Å². The number of rotatable bonds is 5. The van der Waals surface area contributed by atoms with Crippen molar-refractivity contribution in [1.82, 2.24) is 5.32 Å². The van der Waals surface area contributed by atoms with Crippen molar-refractivity contribution in [2.24, 2.45) is 11.8 Å². The van der Waals surface area contributed by atoms with Gasteiger partial charge in [0.25, 0.3) is 0 Å². The van der Waals surface area contributed by atoms with E-state index in [0.29, 0.717) is 12.1 Å². The average molecular weight is 275 g/mol. The molecular weight excluding hydrogens is 246 g/mol. The normalized spacial score (nSPS) is 24.6. The maximum absolute atomic E-state index is 5.32. The second kappa shape index (κ2) is 7.12. The van der Waals surface area contributed by atoms with E-state index in [0.717, 1.165) is 17.6 Å². The fourth-order valence-corrected chi connectivity index (χ4v) is 3.35. The molecule has 1 aliphatic carbocycles. The average Bonchev–Trinajstić information content (AvgIpc) is 2.47. The summed E-state index contributed by atoms with van der Waals surface area (Å²) < 4.78 is 5.32. The Labute approximate surface area is 123 Å². The van der Waals surface area contributed by atoms with Crippen LogP contribution in [0.15, 0.2) is 24.3 Å². The van der Waals surface area contributed by atoms with Crippen LogP contribution in [0.1, 0.15) is 58.1 Å². The van der Waals surface area contributed by atoms with E-state index in [4.69, 9.17) is 4.74 Å². The van der Waals surface area contributed by atoms with Crippen molar-refractivity contribution in [2.75, 3.05) is 7.11 Å². The number of nitrogens with one attached hydrogen (secondary N) is 1. The van der Waals surface area contributed by atoms with Crippen LogP contribution < -0.4 is 10.1 Å². The summed E-state index contributed by atoms with van der Waals surface area (Å²) in [6, 6.07) is 9.46. The van der Waals surface area contributed by atoms with Gasteiger partial charge in [0.15, 0.2) is 0 Å². The van der Waals surface area contributed by atoms with Gasteiger partial charge in [-0.2, -0.15) is 0 Å². The van der Waals surface area contributed by atoms with Gasteiger partial charge in [-0.05, 0) is 49.3 Å². The molecular formula is C18H29NO. The van der Waals surface area contributed by atoms with Gasteiger partial charge in [0.05, 0.1) is 7.11 Å². The summed E-state index contributed by atoms with van der Waals surface area (Å²) in [5.74, 6) is 2.64. The third-order valence-electron chi connectivity index (χ3n) is 4.74. The summed E-state index contributed by atoms with van der Waals surface area (Å²) >= 11 is 0. The summed E-state index contributed by atoms with van der Waals surface area (Å²) in [6.45, 7) is 6.98. The van der Waals surface area contributed by atoms with E-state index in [-0.39, 0.29) is 0 Å². The molecule has 3 atom stereocenters. The third kappa shape index (κ3) is 3.99. The third-order valence-corrected chi connectivity index (χ3v) is 4.74. The van der Waals surface area contributed by atoms with Crippen LogP contribution in [0.25, 0.3) is 0 Å². The number of benzene rings is 1. The standard InChI is InChI=1S/C18H29NO/c1-13(2)15-7-5-9-17(11-15)19-14(3)16-8-6-10-18(12-16)20-4/h6,8,10,12-15,17,19H,5,7,9,11H2,1-4H3. The molecule has 0 aliphatic heterocycles. The molecule has 0 radical (unpaired) electrons. The first-order valence-electron chi connectivity index (χ1n) is 8.00. The zero-order valence-electron chi connectivity index (χ0n) is 13.4. The topological polar surface area (TPSA) is 21.3 Å². The van der Waals surface area contributed by atoms with Crippen LogP contribution in [0.5, 0.6) is 5.75 Å². The van der Waals surface area contributed by atoms with Gasteiger partial charge in [-0.15, -0.1) is 0 Å². The predicted molar refractivity (Wildman–Crippen MR) is 85.1 cm³/mol. The molecule has 1 fully saturated rings. The van der Waals surface area contributed by atoms with Gasteiger partial charge in [0, 0.05) is 12.1 Å². The van der Waals surface area contributed by atoms with Crippen molar-refractivity contribution in [3.05, 3.63) is 29.8 Å². The Morgan fingerprint density at radius 1 is 1.20 bits per heavy atom. The van der Waals surface area contributed by atoms with Crippen molar-refractivity contribution in [3.8, 4) is 5.75 Å². The van der Waals surface area contributed by atoms with Crippen LogP contribution in [0, 0.1) is 11.8 Å². The minimum Gasteiger partial charge on any atom is -0.497 e. The molecule has 1 aliphatic rings. The van der Waals surface area contributed by atoms with Crippen LogP contribution in [0.4, 0.5) is 0 Å². The summed E-state index contributed by atoms with van der Waals surface area (Å²) in [5, 5.41) is 3.82. The zero-order chi connectivity index (χ0) is 14.5. The van der Waals surface area contributed by atoms with Gasteiger partial charge in [-0.25, -0.2) is 0 Å². The summed E-state index contributed by atoms with van der Waals surface area (Å²) in [4.78, 5) is 0. The minimum absolute atomic E-state index is 0.390. The van der Waals surface area contributed by atoms with E-state index in [9.17, 15) is 0 Å². The number of hydrogen-bond donors (Lipinski definition) is 1. The monoisotopic (exact) mass is 275 g/mol. The Balaban J connectivity index is 1.94. The summed E-state index contributed by atoms with van der Waals surface area (Å²) in [5.41, 5.74) is 1.32. The van der Waals surface area contributed by atoms with E-state index in [1.54, 1.807) is 7.11 Å². The van der Waals surface area contributed by atoms with Gasteiger partial charge in [0.1, 0.15) is 5.75 Å². The van der Waals surface area contributed by atoms with E-state index in [2.05, 4.69) is 44.3 Å². The molecule has 0 aromatic heterocycles. The molecule has 0 amide bonds. The highest BCUT2D eigenvalue weighted by atomic mass is 16.5. The van der Waals surface area contributed by atoms with Gasteiger partial charge >= 0.3 is 0 Å². The number of hydrogen-bond acceptors (Lipinski definition) is 2. The van der Waals surface area contributed by atoms with Crippen molar-refractivity contribution in [2.45, 2.75) is 58.5 Å². The first-order valence-corrected chi connectivity index (χ1v) is 8.00. The molecule has 0 heterocycles. The Bertz CT molecular complexity index is 416. The van der Waals surface area contributed by atoms with Crippen molar-refractivity contribution in [3.63, 3.8) is 0 Å². The van der Waals surface area contributed by atoms with E-state index in [1.165, 1.54) is 31.2 Å². The van der Waals surface area contributed by atoms with E-state index < -0.39 is 0 Å². The Kier molecular flexibility index (Phi) is 5.47. The highest BCUT2D eigenvalue weighted by Crippen LogP contribution is 2.31. The molecule has 1 aromatic carbocycles. The molecule has 2 nitrogen and oxygen atoms in total. The first kappa shape index (κ1) is 15.4. The molecule has 2 heteroatoms. The van der Waals surface area contributed by atoms with Gasteiger partial charge in [-0.1, -0.05) is 38.8 Å². The van der Waals surface area contributed by atoms with Crippen LogP contribution in [0.3, 0.4) is 0 Å². The van der Waals surface area contributed by atoms with Gasteiger partial charge in [-0.3, -0.25) is 0 Å². The summed E-state index contributed by atoms with van der Waals surface area (Å²) in [7, 11) is 1.73. The van der Waals surface area contributed by atoms with E-state index in [1.807, 2.05) is 6.07 Å². The quantitative estimate of drug-likeness (QED) is 0.850. The molecule has 3 unspecified atom stereocenters. The second-order valence-electron chi connectivity index (χ2n) is 6.53. The molecule has 1 aromatic rings. The molecule has 0 saturated heterocycles. The molecule has 0 spiro atoms. The fraction of sp³-hybridized carbons (Fsp3) is 0.667. The van der Waals surface area contributed by atoms with Gasteiger partial charge in [0.2, 0.25) is 0 Å². The lowest BCUT2D eigenvalue weighted by molar-refractivity contribution is 0.223. The lowest BCUT2D eigenvalue weighted by atomic mass is 9.79. The zero-order valence-corrected chi connectivity index (χ0v) is 13.4. The molecule has 1 N–H and O–H groups in total. The highest BCUT2D eigenvalue weighted by molar-refractivity contribution is 5.30. The fourth-order valence-electron chi connectivity index (χ4n) is 3.35. The van der Waals surface area contributed by atoms with Crippen LogP contribution in [-0.2, 0) is 0 Å². The van der Waals surface area contributed by atoms with Crippen molar-refractivity contribution in [1.29, 1.82) is 0 Å². The van der Waals surface area contributed by atoms with Crippen LogP contribution in [-0.4, -0.2) is 13.2 Å². The molecule has 1 saturated carbocycles. The second-order valence-corrected chi connectivity index (χ2v) is 6.53. The highest BCUT2D eigenvalue weighted by Gasteiger charge is 2.25. The van der Waals surface area contributed by atoms with Crippen molar-refractivity contribution < 1.29 is 4.74 Å². The molecule has 0 bridgehead atoms. The minimum atomic E-state index is 0.390. The van der Waals surface area contributed by atoms with E-state index >= 15 is 0 Å². The number of ether oxygens (including phenoxy) is 1.